The van der Waals surface area contributed by atoms with Crippen molar-refractivity contribution in [3.05, 3.63) is 42.0 Å². The quantitative estimate of drug-likeness (QED) is 0.442. The molecule has 4 nitrogen and oxygen atoms in total. The smallest absolute Gasteiger partial charge is 0.331 e. The summed E-state index contributed by atoms with van der Waals surface area (Å²) in [6.45, 7) is 0. The van der Waals surface area contributed by atoms with Crippen molar-refractivity contribution in [2.45, 2.75) is 12.5 Å². The van der Waals surface area contributed by atoms with Crippen LogP contribution < -0.4 is 0 Å². The number of hydrogen-bond acceptors (Lipinski definition) is 4. The zero-order valence-corrected chi connectivity index (χ0v) is 9.50. The van der Waals surface area contributed by atoms with Gasteiger partial charge in [-0.1, -0.05) is 42.5 Å². The predicted octanol–water partition coefficient (Wildman–Crippen LogP) is 1.97. The third-order valence-corrected chi connectivity index (χ3v) is 2.15. The lowest BCUT2D eigenvalue weighted by Gasteiger charge is -2.04. The van der Waals surface area contributed by atoms with Gasteiger partial charge in [-0.25, -0.2) is 9.59 Å². The van der Waals surface area contributed by atoms with Crippen molar-refractivity contribution in [3.63, 3.8) is 0 Å². The van der Waals surface area contributed by atoms with Crippen molar-refractivity contribution in [1.82, 2.24) is 0 Å². The molecule has 0 aliphatic rings. The molecule has 1 aromatic carbocycles. The van der Waals surface area contributed by atoms with Gasteiger partial charge in [-0.3, -0.25) is 0 Å². The number of hydrogen-bond donors (Lipinski definition) is 0. The number of rotatable bonds is 5. The highest BCUT2D eigenvalue weighted by Gasteiger charge is 2.15. The van der Waals surface area contributed by atoms with Crippen LogP contribution in [0.2, 0.25) is 0 Å². The summed E-state index contributed by atoms with van der Waals surface area (Å²) >= 11 is 0. The topological polar surface area (TPSA) is 55.7 Å². The number of methoxy groups -OCH3 is 1. The minimum absolute atomic E-state index is 0.316. The van der Waals surface area contributed by atoms with Crippen LogP contribution in [0.3, 0.4) is 0 Å². The fourth-order valence-electron chi connectivity index (χ4n) is 1.30. The fraction of sp³-hybridized carbons (Fsp3) is 0.231. The molecule has 4 heteroatoms. The first-order chi connectivity index (χ1) is 8.27. The van der Waals surface area contributed by atoms with Crippen LogP contribution in [-0.4, -0.2) is 25.2 Å². The molecule has 0 bridgehead atoms. The SMILES string of the molecule is COC(=O)C(CC=Cc1ccccc1)N=C=O. The Morgan fingerprint density at radius 3 is 2.76 bits per heavy atom. The van der Waals surface area contributed by atoms with Gasteiger partial charge in [-0.05, 0) is 12.0 Å². The molecule has 88 valence electrons. The normalized spacial score (nSPS) is 11.8. The number of nitrogens with zero attached hydrogens (tertiary/aromatic N) is 1. The highest BCUT2D eigenvalue weighted by molar-refractivity contribution is 5.77. The summed E-state index contributed by atoms with van der Waals surface area (Å²) < 4.78 is 4.52. The monoisotopic (exact) mass is 231 g/mol. The molecule has 1 aromatic rings. The van der Waals surface area contributed by atoms with E-state index in [1.54, 1.807) is 6.08 Å². The second-order valence-corrected chi connectivity index (χ2v) is 3.31. The molecule has 0 N–H and O–H groups in total. The van der Waals surface area contributed by atoms with Gasteiger partial charge in [-0.15, -0.1) is 0 Å². The first-order valence-corrected chi connectivity index (χ1v) is 5.14. The van der Waals surface area contributed by atoms with Crippen molar-refractivity contribution in [2.75, 3.05) is 7.11 Å². The molecule has 1 unspecified atom stereocenters. The maximum Gasteiger partial charge on any atom is 0.331 e. The van der Waals surface area contributed by atoms with Crippen molar-refractivity contribution in [1.29, 1.82) is 0 Å². The first-order valence-electron chi connectivity index (χ1n) is 5.14. The molecule has 0 fully saturated rings. The third-order valence-electron chi connectivity index (χ3n) is 2.15. The van der Waals surface area contributed by atoms with E-state index in [-0.39, 0.29) is 0 Å². The Kier molecular flexibility index (Phi) is 5.41. The minimum atomic E-state index is -0.808. The largest absolute Gasteiger partial charge is 0.467 e. The van der Waals surface area contributed by atoms with Crippen LogP contribution in [0, 0.1) is 0 Å². The minimum Gasteiger partial charge on any atom is -0.467 e. The Bertz CT molecular complexity index is 433. The summed E-state index contributed by atoms with van der Waals surface area (Å²) in [4.78, 5) is 24.8. The summed E-state index contributed by atoms with van der Waals surface area (Å²) in [6.07, 6.45) is 5.32. The van der Waals surface area contributed by atoms with Crippen molar-refractivity contribution in [2.24, 2.45) is 4.99 Å². The Morgan fingerprint density at radius 2 is 2.18 bits per heavy atom. The van der Waals surface area contributed by atoms with Gasteiger partial charge in [0.25, 0.3) is 0 Å². The van der Waals surface area contributed by atoms with Crippen LogP contribution in [0.15, 0.2) is 41.4 Å². The van der Waals surface area contributed by atoms with Crippen molar-refractivity contribution in [3.8, 4) is 0 Å². The van der Waals surface area contributed by atoms with E-state index in [1.807, 2.05) is 36.4 Å². The van der Waals surface area contributed by atoms with Gasteiger partial charge in [-0.2, -0.15) is 4.99 Å². The average Bonchev–Trinajstić information content (AvgIpc) is 2.38. The van der Waals surface area contributed by atoms with Gasteiger partial charge < -0.3 is 4.74 Å². The van der Waals surface area contributed by atoms with Gasteiger partial charge >= 0.3 is 5.97 Å². The van der Waals surface area contributed by atoms with Crippen molar-refractivity contribution < 1.29 is 14.3 Å². The van der Waals surface area contributed by atoms with E-state index in [2.05, 4.69) is 9.73 Å². The predicted molar refractivity (Wildman–Crippen MR) is 64.0 cm³/mol. The van der Waals surface area contributed by atoms with Gasteiger partial charge in [0.1, 0.15) is 0 Å². The summed E-state index contributed by atoms with van der Waals surface area (Å²) in [5.41, 5.74) is 1.02. The van der Waals surface area contributed by atoms with Gasteiger partial charge in [0.15, 0.2) is 6.04 Å². The maximum atomic E-state index is 11.2. The standard InChI is InChI=1S/C13H13NO3/c1-17-13(16)12(14-10-15)9-5-8-11-6-3-2-4-7-11/h2-8,12H,9H2,1H3. The molecule has 0 heterocycles. The van der Waals surface area contributed by atoms with E-state index in [4.69, 9.17) is 0 Å². The van der Waals surface area contributed by atoms with Gasteiger partial charge in [0, 0.05) is 0 Å². The van der Waals surface area contributed by atoms with E-state index in [9.17, 15) is 9.59 Å². The average molecular weight is 231 g/mol. The highest BCUT2D eigenvalue weighted by Crippen LogP contribution is 2.06. The first kappa shape index (κ1) is 12.9. The van der Waals surface area contributed by atoms with E-state index < -0.39 is 12.0 Å². The zero-order chi connectivity index (χ0) is 12.5. The lowest BCUT2D eigenvalue weighted by atomic mass is 10.1. The van der Waals surface area contributed by atoms with Crippen LogP contribution >= 0.6 is 0 Å². The number of isocyanates is 1. The van der Waals surface area contributed by atoms with E-state index >= 15 is 0 Å². The molecule has 0 aromatic heterocycles. The van der Waals surface area contributed by atoms with Crippen LogP contribution in [0.4, 0.5) is 0 Å². The molecule has 0 saturated carbocycles. The molecular formula is C13H13NO3. The van der Waals surface area contributed by atoms with Crippen LogP contribution in [-0.2, 0) is 14.3 Å². The fourth-order valence-corrected chi connectivity index (χ4v) is 1.30. The number of aliphatic imine (C=N–C) groups is 1. The number of benzene rings is 1. The molecule has 0 aliphatic carbocycles. The number of esters is 1. The van der Waals surface area contributed by atoms with Crippen LogP contribution in [0.1, 0.15) is 12.0 Å². The summed E-state index contributed by atoms with van der Waals surface area (Å²) in [5.74, 6) is -0.536. The summed E-state index contributed by atoms with van der Waals surface area (Å²) in [7, 11) is 1.26. The Balaban J connectivity index is 2.61. The molecule has 1 rings (SSSR count). The van der Waals surface area contributed by atoms with E-state index in [0.29, 0.717) is 6.42 Å². The highest BCUT2D eigenvalue weighted by atomic mass is 16.5. The molecule has 1 atom stereocenters. The van der Waals surface area contributed by atoms with Gasteiger partial charge in [0.05, 0.1) is 7.11 Å². The second kappa shape index (κ2) is 7.14. The lowest BCUT2D eigenvalue weighted by molar-refractivity contribution is -0.141. The Morgan fingerprint density at radius 1 is 1.47 bits per heavy atom. The van der Waals surface area contributed by atoms with Crippen LogP contribution in [0.25, 0.3) is 6.08 Å². The molecule has 0 spiro atoms. The maximum absolute atomic E-state index is 11.2. The van der Waals surface area contributed by atoms with Crippen LogP contribution in [0.5, 0.6) is 0 Å². The second-order valence-electron chi connectivity index (χ2n) is 3.31. The molecule has 0 saturated heterocycles. The third kappa shape index (κ3) is 4.45. The lowest BCUT2D eigenvalue weighted by Crippen LogP contribution is -2.19. The Labute approximate surface area is 99.6 Å². The zero-order valence-electron chi connectivity index (χ0n) is 9.50. The summed E-state index contributed by atoms with van der Waals surface area (Å²) in [5, 5.41) is 0. The molecule has 0 amide bonds. The molecule has 0 aliphatic heterocycles. The van der Waals surface area contributed by atoms with E-state index in [0.717, 1.165) is 5.56 Å². The molecule has 0 radical (unpaired) electrons. The molecular weight excluding hydrogens is 218 g/mol. The van der Waals surface area contributed by atoms with E-state index in [1.165, 1.54) is 13.2 Å². The number of carbonyl (C=O) groups is 1. The summed E-state index contributed by atoms with van der Waals surface area (Å²) in [6, 6.07) is 8.82. The van der Waals surface area contributed by atoms with Crippen molar-refractivity contribution >= 4 is 18.1 Å². The van der Waals surface area contributed by atoms with Gasteiger partial charge in [0.2, 0.25) is 6.08 Å². The Hall–Kier alpha value is -2.19. The number of carbonyl (C=O) groups excluding carboxylic acids is 2. The number of ether oxygens (including phenoxy) is 1. The molecule has 17 heavy (non-hydrogen) atoms.